The van der Waals surface area contributed by atoms with Gasteiger partial charge in [0.15, 0.2) is 11.2 Å². The number of fused-ring (bicyclic) bond motifs is 1. The monoisotopic (exact) mass is 454 g/mol. The van der Waals surface area contributed by atoms with E-state index in [9.17, 15) is 9.90 Å². The van der Waals surface area contributed by atoms with Gasteiger partial charge in [0.25, 0.3) is 0 Å². The maximum absolute atomic E-state index is 11.8. The van der Waals surface area contributed by atoms with Crippen molar-refractivity contribution in [2.45, 2.75) is 58.3 Å². The Kier molecular flexibility index (Phi) is 6.41. The Bertz CT molecular complexity index is 1130. The van der Waals surface area contributed by atoms with E-state index in [1.807, 2.05) is 32.5 Å². The number of aryl methyl sites for hydroxylation is 2. The number of nitrogens with zero attached hydrogens (tertiary/aromatic N) is 8. The van der Waals surface area contributed by atoms with E-state index in [1.54, 1.807) is 12.4 Å². The molecule has 3 aromatic rings. The molecule has 11 heteroatoms. The van der Waals surface area contributed by atoms with Gasteiger partial charge in [0.05, 0.1) is 11.6 Å². The third kappa shape index (κ3) is 4.45. The lowest BCUT2D eigenvalue weighted by Gasteiger charge is -2.30. The van der Waals surface area contributed by atoms with Crippen LogP contribution >= 0.6 is 0 Å². The summed E-state index contributed by atoms with van der Waals surface area (Å²) in [5.41, 5.74) is 1.98. The minimum atomic E-state index is -0.929. The standard InChI is InChI=1S/C22H30N8O3/c1-6-29-19(15-10-23-14(3)24-11-15)27-18-20(29)25-12-26-21(18)33-17-7-8-30(22(31)32)16(17)9-13(2)28(4)5/h10-13,16-17H,6-9H2,1-5H3,(H,31,32). The summed E-state index contributed by atoms with van der Waals surface area (Å²) in [6.07, 6.45) is 4.95. The van der Waals surface area contributed by atoms with Gasteiger partial charge in [-0.25, -0.2) is 24.7 Å². The number of aromatic nitrogens is 6. The smallest absolute Gasteiger partial charge is 0.407 e. The molecule has 4 heterocycles. The molecule has 1 amide bonds. The zero-order chi connectivity index (χ0) is 23.7. The summed E-state index contributed by atoms with van der Waals surface area (Å²) in [5, 5.41) is 9.71. The highest BCUT2D eigenvalue weighted by Gasteiger charge is 2.40. The highest BCUT2D eigenvalue weighted by molar-refractivity contribution is 5.81. The maximum Gasteiger partial charge on any atom is 0.407 e. The zero-order valence-corrected chi connectivity index (χ0v) is 19.6. The molecule has 176 valence electrons. The molecule has 0 saturated carbocycles. The van der Waals surface area contributed by atoms with E-state index >= 15 is 0 Å². The molecular formula is C22H30N8O3. The zero-order valence-electron chi connectivity index (χ0n) is 19.6. The number of hydrogen-bond donors (Lipinski definition) is 1. The van der Waals surface area contributed by atoms with Crippen molar-refractivity contribution in [3.05, 3.63) is 24.5 Å². The maximum atomic E-state index is 11.8. The van der Waals surface area contributed by atoms with Crippen molar-refractivity contribution in [2.24, 2.45) is 0 Å². The number of carbonyl (C=O) groups is 1. The molecule has 0 aromatic carbocycles. The van der Waals surface area contributed by atoms with Crippen LogP contribution in [0.25, 0.3) is 22.6 Å². The first-order valence-electron chi connectivity index (χ1n) is 11.1. The molecule has 11 nitrogen and oxygen atoms in total. The average Bonchev–Trinajstić information content (AvgIpc) is 3.36. The van der Waals surface area contributed by atoms with Gasteiger partial charge in [0.2, 0.25) is 5.88 Å². The van der Waals surface area contributed by atoms with Crippen LogP contribution in [0, 0.1) is 6.92 Å². The number of carboxylic acid groups (broad SMARTS) is 1. The Labute approximate surface area is 192 Å². The van der Waals surface area contributed by atoms with Crippen LogP contribution in [0.4, 0.5) is 4.79 Å². The fourth-order valence-electron chi connectivity index (χ4n) is 4.21. The van der Waals surface area contributed by atoms with Crippen LogP contribution in [0.5, 0.6) is 5.88 Å². The summed E-state index contributed by atoms with van der Waals surface area (Å²) in [6.45, 7) is 7.00. The third-order valence-electron chi connectivity index (χ3n) is 6.31. The van der Waals surface area contributed by atoms with Crippen LogP contribution < -0.4 is 4.74 Å². The molecule has 0 radical (unpaired) electrons. The number of likely N-dealkylation sites (tertiary alicyclic amines) is 1. The summed E-state index contributed by atoms with van der Waals surface area (Å²) in [5.74, 6) is 1.74. The quantitative estimate of drug-likeness (QED) is 0.573. The second-order valence-electron chi connectivity index (χ2n) is 8.59. The lowest BCUT2D eigenvalue weighted by atomic mass is 10.0. The van der Waals surface area contributed by atoms with Gasteiger partial charge in [0, 0.05) is 37.9 Å². The Morgan fingerprint density at radius 3 is 2.64 bits per heavy atom. The predicted octanol–water partition coefficient (Wildman–Crippen LogP) is 2.45. The molecule has 1 N–H and O–H groups in total. The number of ether oxygens (including phenoxy) is 1. The molecule has 4 rings (SSSR count). The first-order valence-corrected chi connectivity index (χ1v) is 11.1. The van der Waals surface area contributed by atoms with Crippen LogP contribution in [-0.2, 0) is 6.54 Å². The second kappa shape index (κ2) is 9.26. The minimum Gasteiger partial charge on any atom is -0.470 e. The number of amides is 1. The van der Waals surface area contributed by atoms with E-state index in [0.29, 0.717) is 54.6 Å². The second-order valence-corrected chi connectivity index (χ2v) is 8.59. The Morgan fingerprint density at radius 1 is 1.27 bits per heavy atom. The predicted molar refractivity (Wildman–Crippen MR) is 122 cm³/mol. The Balaban J connectivity index is 1.69. The minimum absolute atomic E-state index is 0.193. The number of rotatable bonds is 7. The van der Waals surface area contributed by atoms with Gasteiger partial charge in [-0.2, -0.15) is 4.98 Å². The summed E-state index contributed by atoms with van der Waals surface area (Å²) in [4.78, 5) is 37.6. The van der Waals surface area contributed by atoms with Crippen molar-refractivity contribution in [3.8, 4) is 17.3 Å². The van der Waals surface area contributed by atoms with Crippen molar-refractivity contribution in [1.82, 2.24) is 39.3 Å². The first-order chi connectivity index (χ1) is 15.8. The van der Waals surface area contributed by atoms with Crippen LogP contribution in [0.15, 0.2) is 18.7 Å². The highest BCUT2D eigenvalue weighted by Crippen LogP contribution is 2.31. The normalized spacial score (nSPS) is 19.4. The van der Waals surface area contributed by atoms with Crippen LogP contribution in [-0.4, -0.2) is 89.3 Å². The van der Waals surface area contributed by atoms with E-state index in [1.165, 1.54) is 11.2 Å². The molecule has 0 bridgehead atoms. The van der Waals surface area contributed by atoms with Gasteiger partial charge in [-0.3, -0.25) is 0 Å². The van der Waals surface area contributed by atoms with E-state index in [4.69, 9.17) is 9.72 Å². The van der Waals surface area contributed by atoms with Crippen LogP contribution in [0.1, 0.15) is 32.5 Å². The van der Waals surface area contributed by atoms with Gasteiger partial charge in [-0.15, -0.1) is 0 Å². The molecule has 1 aliphatic rings. The van der Waals surface area contributed by atoms with E-state index < -0.39 is 6.09 Å². The van der Waals surface area contributed by atoms with Gasteiger partial charge in [0.1, 0.15) is 24.1 Å². The summed E-state index contributed by atoms with van der Waals surface area (Å²) in [6, 6.07) is -0.0814. The lowest BCUT2D eigenvalue weighted by Crippen LogP contribution is -2.44. The van der Waals surface area contributed by atoms with Crippen LogP contribution in [0.2, 0.25) is 0 Å². The summed E-state index contributed by atoms with van der Waals surface area (Å²) in [7, 11) is 3.98. The Hall–Kier alpha value is -3.34. The first kappa shape index (κ1) is 22.8. The van der Waals surface area contributed by atoms with Gasteiger partial charge < -0.3 is 24.2 Å². The molecule has 0 aliphatic carbocycles. The van der Waals surface area contributed by atoms with E-state index in [0.717, 1.165) is 5.56 Å². The largest absolute Gasteiger partial charge is 0.470 e. The molecule has 1 saturated heterocycles. The molecule has 33 heavy (non-hydrogen) atoms. The topological polar surface area (TPSA) is 122 Å². The van der Waals surface area contributed by atoms with Crippen molar-refractivity contribution in [1.29, 1.82) is 0 Å². The van der Waals surface area contributed by atoms with Crippen LogP contribution in [0.3, 0.4) is 0 Å². The van der Waals surface area contributed by atoms with Gasteiger partial charge in [-0.1, -0.05) is 0 Å². The number of imidazole rings is 1. The van der Waals surface area contributed by atoms with E-state index in [-0.39, 0.29) is 18.2 Å². The van der Waals surface area contributed by atoms with E-state index in [2.05, 4.69) is 31.8 Å². The molecule has 3 unspecified atom stereocenters. The SMILES string of the molecule is CCn1c(-c2cnc(C)nc2)nc2c(OC3CCN(C(=O)O)C3CC(C)N(C)C)ncnc21. The van der Waals surface area contributed by atoms with Crippen molar-refractivity contribution in [3.63, 3.8) is 0 Å². The van der Waals surface area contributed by atoms with Crippen molar-refractivity contribution in [2.75, 3.05) is 20.6 Å². The fourth-order valence-corrected chi connectivity index (χ4v) is 4.21. The van der Waals surface area contributed by atoms with Crippen molar-refractivity contribution >= 4 is 17.3 Å². The lowest BCUT2D eigenvalue weighted by molar-refractivity contribution is 0.0933. The molecule has 1 aliphatic heterocycles. The molecular weight excluding hydrogens is 424 g/mol. The number of hydrogen-bond acceptors (Lipinski definition) is 8. The average molecular weight is 455 g/mol. The third-order valence-corrected chi connectivity index (χ3v) is 6.31. The molecule has 1 fully saturated rings. The van der Waals surface area contributed by atoms with Crippen molar-refractivity contribution < 1.29 is 14.6 Å². The fraction of sp³-hybridized carbons (Fsp3) is 0.545. The van der Waals surface area contributed by atoms with Gasteiger partial charge in [-0.05, 0) is 41.3 Å². The van der Waals surface area contributed by atoms with Gasteiger partial charge >= 0.3 is 6.09 Å². The molecule has 0 spiro atoms. The summed E-state index contributed by atoms with van der Waals surface area (Å²) >= 11 is 0. The Morgan fingerprint density at radius 2 is 2.00 bits per heavy atom. The highest BCUT2D eigenvalue weighted by atomic mass is 16.5. The molecule has 3 aromatic heterocycles. The molecule has 3 atom stereocenters. The summed E-state index contributed by atoms with van der Waals surface area (Å²) < 4.78 is 8.32.